The summed E-state index contributed by atoms with van der Waals surface area (Å²) < 4.78 is 10.9. The molecule has 0 aliphatic carbocycles. The molecule has 0 saturated carbocycles. The lowest BCUT2D eigenvalue weighted by atomic mass is 10.2. The molecule has 0 spiro atoms. The highest BCUT2D eigenvalue weighted by molar-refractivity contribution is 5.55. The minimum Gasteiger partial charge on any atom is -0.486 e. The van der Waals surface area contributed by atoms with Crippen LogP contribution >= 0.6 is 0 Å². The molecule has 1 aliphatic rings. The second-order valence-electron chi connectivity index (χ2n) is 3.80. The highest BCUT2D eigenvalue weighted by atomic mass is 16.6. The van der Waals surface area contributed by atoms with Gasteiger partial charge in [0.1, 0.15) is 13.2 Å². The summed E-state index contributed by atoms with van der Waals surface area (Å²) in [5.41, 5.74) is 0.941. The summed E-state index contributed by atoms with van der Waals surface area (Å²) in [6.07, 6.45) is 0.436. The molecule has 1 atom stereocenters. The van der Waals surface area contributed by atoms with E-state index in [0.29, 0.717) is 19.8 Å². The largest absolute Gasteiger partial charge is 0.486 e. The summed E-state index contributed by atoms with van der Waals surface area (Å²) in [6, 6.07) is 5.71. The average molecular weight is 223 g/mol. The van der Waals surface area contributed by atoms with Crippen molar-refractivity contribution in [3.63, 3.8) is 0 Å². The summed E-state index contributed by atoms with van der Waals surface area (Å²) in [5.74, 6) is 1.55. The van der Waals surface area contributed by atoms with E-state index in [2.05, 4.69) is 5.32 Å². The zero-order valence-corrected chi connectivity index (χ0v) is 9.40. The summed E-state index contributed by atoms with van der Waals surface area (Å²) in [6.45, 7) is 3.70. The molecule has 0 fully saturated rings. The van der Waals surface area contributed by atoms with Crippen LogP contribution in [0.1, 0.15) is 13.3 Å². The number of ether oxygens (including phenoxy) is 2. The van der Waals surface area contributed by atoms with Crippen LogP contribution in [0.3, 0.4) is 0 Å². The molecular weight excluding hydrogens is 206 g/mol. The number of nitrogens with one attached hydrogen (secondary N) is 1. The van der Waals surface area contributed by atoms with Crippen molar-refractivity contribution in [3.05, 3.63) is 18.2 Å². The Morgan fingerprint density at radius 3 is 2.81 bits per heavy atom. The van der Waals surface area contributed by atoms with E-state index in [1.165, 1.54) is 0 Å². The Morgan fingerprint density at radius 1 is 1.31 bits per heavy atom. The number of hydrogen-bond acceptors (Lipinski definition) is 4. The van der Waals surface area contributed by atoms with Crippen LogP contribution in [-0.2, 0) is 0 Å². The lowest BCUT2D eigenvalue weighted by molar-refractivity contribution is 0.171. The molecule has 88 valence electrons. The number of rotatable bonds is 4. The maximum atomic E-state index is 9.44. The minimum absolute atomic E-state index is 0.312. The smallest absolute Gasteiger partial charge is 0.163 e. The number of aliphatic hydroxyl groups excluding tert-OH is 1. The number of benzene rings is 1. The van der Waals surface area contributed by atoms with Gasteiger partial charge in [-0.2, -0.15) is 0 Å². The number of hydrogen-bond donors (Lipinski definition) is 2. The average Bonchev–Trinajstić information content (AvgIpc) is 2.35. The van der Waals surface area contributed by atoms with Crippen molar-refractivity contribution < 1.29 is 14.6 Å². The van der Waals surface area contributed by atoms with Gasteiger partial charge in [-0.15, -0.1) is 0 Å². The van der Waals surface area contributed by atoms with Gasteiger partial charge < -0.3 is 19.9 Å². The highest BCUT2D eigenvalue weighted by Crippen LogP contribution is 2.32. The quantitative estimate of drug-likeness (QED) is 0.814. The maximum absolute atomic E-state index is 9.44. The summed E-state index contributed by atoms with van der Waals surface area (Å²) >= 11 is 0. The van der Waals surface area contributed by atoms with E-state index in [-0.39, 0.29) is 6.10 Å². The fourth-order valence-corrected chi connectivity index (χ4v) is 1.53. The first kappa shape index (κ1) is 11.1. The molecule has 2 N–H and O–H groups in total. The van der Waals surface area contributed by atoms with E-state index in [1.807, 2.05) is 25.1 Å². The molecule has 1 aliphatic heterocycles. The van der Waals surface area contributed by atoms with Gasteiger partial charge in [-0.05, 0) is 18.6 Å². The Labute approximate surface area is 95.2 Å². The summed E-state index contributed by atoms with van der Waals surface area (Å²) in [7, 11) is 0. The molecule has 0 radical (unpaired) electrons. The van der Waals surface area contributed by atoms with Crippen molar-refractivity contribution in [2.45, 2.75) is 19.4 Å². The van der Waals surface area contributed by atoms with E-state index < -0.39 is 0 Å². The second kappa shape index (κ2) is 5.07. The Hall–Kier alpha value is -1.42. The Balaban J connectivity index is 2.00. The number of fused-ring (bicyclic) bond motifs is 1. The fourth-order valence-electron chi connectivity index (χ4n) is 1.53. The third kappa shape index (κ3) is 2.58. The fraction of sp³-hybridized carbons (Fsp3) is 0.500. The zero-order chi connectivity index (χ0) is 11.4. The molecule has 1 heterocycles. The highest BCUT2D eigenvalue weighted by Gasteiger charge is 2.11. The van der Waals surface area contributed by atoms with Crippen LogP contribution in [0, 0.1) is 0 Å². The molecule has 4 heteroatoms. The Bertz CT molecular complexity index is 354. The normalized spacial score (nSPS) is 15.6. The van der Waals surface area contributed by atoms with Gasteiger partial charge in [0.25, 0.3) is 0 Å². The first-order valence-electron chi connectivity index (χ1n) is 5.61. The third-order valence-corrected chi connectivity index (χ3v) is 2.56. The van der Waals surface area contributed by atoms with Gasteiger partial charge >= 0.3 is 0 Å². The van der Waals surface area contributed by atoms with Gasteiger partial charge in [0, 0.05) is 18.3 Å². The van der Waals surface area contributed by atoms with Gasteiger partial charge in [-0.25, -0.2) is 0 Å². The molecule has 2 rings (SSSR count). The summed E-state index contributed by atoms with van der Waals surface area (Å²) in [4.78, 5) is 0. The van der Waals surface area contributed by atoms with Crippen molar-refractivity contribution in [2.75, 3.05) is 25.1 Å². The van der Waals surface area contributed by atoms with Crippen molar-refractivity contribution >= 4 is 5.69 Å². The van der Waals surface area contributed by atoms with Crippen molar-refractivity contribution in [3.8, 4) is 11.5 Å². The zero-order valence-electron chi connectivity index (χ0n) is 9.40. The van der Waals surface area contributed by atoms with Gasteiger partial charge in [0.2, 0.25) is 0 Å². The predicted molar refractivity (Wildman–Crippen MR) is 62.2 cm³/mol. The lowest BCUT2D eigenvalue weighted by Gasteiger charge is -2.19. The van der Waals surface area contributed by atoms with Gasteiger partial charge in [-0.3, -0.25) is 0 Å². The van der Waals surface area contributed by atoms with Gasteiger partial charge in [0.05, 0.1) is 6.10 Å². The monoisotopic (exact) mass is 223 g/mol. The molecule has 0 aromatic heterocycles. The van der Waals surface area contributed by atoms with Crippen molar-refractivity contribution in [1.82, 2.24) is 0 Å². The van der Waals surface area contributed by atoms with E-state index in [0.717, 1.165) is 23.6 Å². The topological polar surface area (TPSA) is 50.7 Å². The standard InChI is InChI=1S/C12H17NO3/c1-2-10(14)8-13-9-3-4-11-12(7-9)16-6-5-15-11/h3-4,7,10,13-14H,2,5-6,8H2,1H3. The Morgan fingerprint density at radius 2 is 2.06 bits per heavy atom. The van der Waals surface area contributed by atoms with Crippen molar-refractivity contribution in [2.24, 2.45) is 0 Å². The maximum Gasteiger partial charge on any atom is 0.163 e. The molecular formula is C12H17NO3. The van der Waals surface area contributed by atoms with Crippen LogP contribution in [-0.4, -0.2) is 31.0 Å². The minimum atomic E-state index is -0.312. The van der Waals surface area contributed by atoms with Crippen LogP contribution < -0.4 is 14.8 Å². The van der Waals surface area contributed by atoms with Crippen LogP contribution in [0.5, 0.6) is 11.5 Å². The molecule has 4 nitrogen and oxygen atoms in total. The molecule has 1 aromatic rings. The first-order valence-corrected chi connectivity index (χ1v) is 5.61. The van der Waals surface area contributed by atoms with E-state index in [1.54, 1.807) is 0 Å². The SMILES string of the molecule is CCC(O)CNc1ccc2c(c1)OCCO2. The van der Waals surface area contributed by atoms with Crippen LogP contribution in [0.15, 0.2) is 18.2 Å². The molecule has 0 bridgehead atoms. The Kier molecular flexibility index (Phi) is 3.51. The van der Waals surface area contributed by atoms with Gasteiger partial charge in [0.15, 0.2) is 11.5 Å². The van der Waals surface area contributed by atoms with Gasteiger partial charge in [-0.1, -0.05) is 6.92 Å². The third-order valence-electron chi connectivity index (χ3n) is 2.56. The summed E-state index contributed by atoms with van der Waals surface area (Å²) in [5, 5.41) is 12.6. The number of aliphatic hydroxyl groups is 1. The number of anilines is 1. The van der Waals surface area contributed by atoms with Crippen molar-refractivity contribution in [1.29, 1.82) is 0 Å². The molecule has 0 amide bonds. The molecule has 1 unspecified atom stereocenters. The molecule has 16 heavy (non-hydrogen) atoms. The molecule has 0 saturated heterocycles. The van der Waals surface area contributed by atoms with E-state index >= 15 is 0 Å². The lowest BCUT2D eigenvalue weighted by Crippen LogP contribution is -2.19. The second-order valence-corrected chi connectivity index (χ2v) is 3.80. The molecule has 1 aromatic carbocycles. The van der Waals surface area contributed by atoms with E-state index in [9.17, 15) is 5.11 Å². The predicted octanol–water partition coefficient (Wildman–Crippen LogP) is 1.64. The van der Waals surface area contributed by atoms with Crippen LogP contribution in [0.4, 0.5) is 5.69 Å². The van der Waals surface area contributed by atoms with Crippen LogP contribution in [0.2, 0.25) is 0 Å². The van der Waals surface area contributed by atoms with Crippen LogP contribution in [0.25, 0.3) is 0 Å². The first-order chi connectivity index (χ1) is 7.79. The van der Waals surface area contributed by atoms with E-state index in [4.69, 9.17) is 9.47 Å².